The number of carbonyl (C=O) groups excluding carboxylic acids is 1. The van der Waals surface area contributed by atoms with Crippen LogP contribution >= 0.6 is 22.9 Å². The fourth-order valence-corrected chi connectivity index (χ4v) is 2.81. The van der Waals surface area contributed by atoms with Gasteiger partial charge in [0.2, 0.25) is 5.91 Å². The lowest BCUT2D eigenvalue weighted by molar-refractivity contribution is -0.141. The fourth-order valence-electron chi connectivity index (χ4n) is 1.67. The highest BCUT2D eigenvalue weighted by atomic mass is 35.5. The molecule has 5 nitrogen and oxygen atoms in total. The van der Waals surface area contributed by atoms with Crippen molar-refractivity contribution in [2.75, 3.05) is 0 Å². The number of halogens is 1. The minimum Gasteiger partial charge on any atom is -0.480 e. The van der Waals surface area contributed by atoms with Gasteiger partial charge >= 0.3 is 5.97 Å². The van der Waals surface area contributed by atoms with Gasteiger partial charge in [0.15, 0.2) is 0 Å². The molecule has 1 atom stereocenters. The highest BCUT2D eigenvalue weighted by Gasteiger charge is 2.16. The van der Waals surface area contributed by atoms with Crippen LogP contribution in [0.2, 0.25) is 5.02 Å². The van der Waals surface area contributed by atoms with Crippen LogP contribution in [-0.2, 0) is 16.0 Å². The van der Waals surface area contributed by atoms with Crippen LogP contribution in [0.5, 0.6) is 0 Å². The van der Waals surface area contributed by atoms with Crippen molar-refractivity contribution in [2.24, 2.45) is 0 Å². The number of thiazole rings is 1. The van der Waals surface area contributed by atoms with Gasteiger partial charge in [-0.15, -0.1) is 11.3 Å². The third-order valence-electron chi connectivity index (χ3n) is 2.75. The van der Waals surface area contributed by atoms with Crippen molar-refractivity contribution in [1.82, 2.24) is 10.3 Å². The monoisotopic (exact) mass is 324 g/mol. The Labute approximate surface area is 130 Å². The Hall–Kier alpha value is -1.92. The zero-order chi connectivity index (χ0) is 15.4. The lowest BCUT2D eigenvalue weighted by Crippen LogP contribution is -2.39. The molecular weight excluding hydrogens is 312 g/mol. The van der Waals surface area contributed by atoms with E-state index in [9.17, 15) is 9.59 Å². The third kappa shape index (κ3) is 4.03. The Bertz CT molecular complexity index is 672. The standard InChI is InChI=1S/C14H13ClN2O3S/c1-8(14(19)20)16-12(18)6-9-7-21-13(17-9)10-4-2-3-5-11(10)15/h2-5,7-8H,6H2,1H3,(H,16,18)(H,19,20). The van der Waals surface area contributed by atoms with Gasteiger partial charge < -0.3 is 10.4 Å². The molecule has 0 spiro atoms. The summed E-state index contributed by atoms with van der Waals surface area (Å²) >= 11 is 7.49. The SMILES string of the molecule is CC(NC(=O)Cc1csc(-c2ccccc2Cl)n1)C(=O)O. The molecule has 0 radical (unpaired) electrons. The van der Waals surface area contributed by atoms with Crippen molar-refractivity contribution >= 4 is 34.8 Å². The van der Waals surface area contributed by atoms with Crippen LogP contribution in [0.15, 0.2) is 29.6 Å². The van der Waals surface area contributed by atoms with E-state index in [2.05, 4.69) is 10.3 Å². The van der Waals surface area contributed by atoms with E-state index in [1.165, 1.54) is 18.3 Å². The highest BCUT2D eigenvalue weighted by Crippen LogP contribution is 2.30. The van der Waals surface area contributed by atoms with Gasteiger partial charge in [-0.2, -0.15) is 0 Å². The molecule has 0 bridgehead atoms. The lowest BCUT2D eigenvalue weighted by atomic mass is 10.2. The summed E-state index contributed by atoms with van der Waals surface area (Å²) in [6.07, 6.45) is 0.0403. The molecule has 2 aromatic rings. The van der Waals surface area contributed by atoms with Crippen LogP contribution in [0.4, 0.5) is 0 Å². The topological polar surface area (TPSA) is 79.3 Å². The summed E-state index contributed by atoms with van der Waals surface area (Å²) in [7, 11) is 0. The second kappa shape index (κ2) is 6.69. The van der Waals surface area contributed by atoms with Gasteiger partial charge in [0.25, 0.3) is 0 Å². The molecule has 1 unspecified atom stereocenters. The van der Waals surface area contributed by atoms with E-state index in [-0.39, 0.29) is 12.3 Å². The van der Waals surface area contributed by atoms with E-state index in [4.69, 9.17) is 16.7 Å². The largest absolute Gasteiger partial charge is 0.480 e. The molecule has 1 heterocycles. The number of nitrogens with zero attached hydrogens (tertiary/aromatic N) is 1. The Morgan fingerprint density at radius 2 is 2.14 bits per heavy atom. The van der Waals surface area contributed by atoms with Crippen molar-refractivity contribution < 1.29 is 14.7 Å². The van der Waals surface area contributed by atoms with Crippen molar-refractivity contribution in [3.8, 4) is 10.6 Å². The first-order chi connectivity index (χ1) is 9.97. The van der Waals surface area contributed by atoms with Crippen LogP contribution < -0.4 is 5.32 Å². The molecule has 1 aromatic carbocycles. The number of nitrogens with one attached hydrogen (secondary N) is 1. The average molecular weight is 325 g/mol. The van der Waals surface area contributed by atoms with Crippen LogP contribution in [0.25, 0.3) is 10.6 Å². The summed E-state index contributed by atoms with van der Waals surface area (Å²) in [6.45, 7) is 1.41. The minimum absolute atomic E-state index is 0.0403. The first kappa shape index (κ1) is 15.5. The molecule has 1 aromatic heterocycles. The van der Waals surface area contributed by atoms with E-state index in [0.29, 0.717) is 10.7 Å². The summed E-state index contributed by atoms with van der Waals surface area (Å²) < 4.78 is 0. The molecule has 0 fully saturated rings. The third-order valence-corrected chi connectivity index (χ3v) is 4.00. The van der Waals surface area contributed by atoms with Gasteiger partial charge in [-0.25, -0.2) is 4.98 Å². The fraction of sp³-hybridized carbons (Fsp3) is 0.214. The Balaban J connectivity index is 2.06. The maximum atomic E-state index is 11.7. The molecule has 7 heteroatoms. The molecule has 2 rings (SSSR count). The summed E-state index contributed by atoms with van der Waals surface area (Å²) in [4.78, 5) is 26.7. The van der Waals surface area contributed by atoms with E-state index in [1.807, 2.05) is 18.2 Å². The molecule has 0 saturated carbocycles. The van der Waals surface area contributed by atoms with Crippen LogP contribution in [0.3, 0.4) is 0 Å². The number of carbonyl (C=O) groups is 2. The molecule has 0 aliphatic carbocycles. The van der Waals surface area contributed by atoms with E-state index in [0.717, 1.165) is 10.6 Å². The molecule has 21 heavy (non-hydrogen) atoms. The summed E-state index contributed by atoms with van der Waals surface area (Å²) in [5, 5.41) is 14.2. The number of benzene rings is 1. The molecule has 1 amide bonds. The van der Waals surface area contributed by atoms with Crippen molar-refractivity contribution in [1.29, 1.82) is 0 Å². The second-order valence-electron chi connectivity index (χ2n) is 4.43. The Kier molecular flexibility index (Phi) is 4.93. The predicted molar refractivity (Wildman–Crippen MR) is 81.5 cm³/mol. The zero-order valence-electron chi connectivity index (χ0n) is 11.2. The highest BCUT2D eigenvalue weighted by molar-refractivity contribution is 7.13. The van der Waals surface area contributed by atoms with Gasteiger partial charge in [0.05, 0.1) is 17.1 Å². The van der Waals surface area contributed by atoms with Crippen molar-refractivity contribution in [3.05, 3.63) is 40.4 Å². The maximum absolute atomic E-state index is 11.7. The van der Waals surface area contributed by atoms with E-state index in [1.54, 1.807) is 11.4 Å². The predicted octanol–water partition coefficient (Wildman–Crippen LogP) is 2.60. The number of aliphatic carboxylic acids is 1. The Morgan fingerprint density at radius 3 is 2.81 bits per heavy atom. The Morgan fingerprint density at radius 1 is 1.43 bits per heavy atom. The zero-order valence-corrected chi connectivity index (χ0v) is 12.7. The smallest absolute Gasteiger partial charge is 0.325 e. The van der Waals surface area contributed by atoms with Crippen LogP contribution in [0, 0.1) is 0 Å². The van der Waals surface area contributed by atoms with Gasteiger partial charge in [-0.3, -0.25) is 9.59 Å². The van der Waals surface area contributed by atoms with Gasteiger partial charge in [-0.05, 0) is 13.0 Å². The van der Waals surface area contributed by atoms with Crippen LogP contribution in [-0.4, -0.2) is 28.0 Å². The number of hydrogen-bond donors (Lipinski definition) is 2. The minimum atomic E-state index is -1.07. The molecule has 110 valence electrons. The van der Waals surface area contributed by atoms with E-state index < -0.39 is 12.0 Å². The molecule has 0 aliphatic rings. The first-order valence-electron chi connectivity index (χ1n) is 6.19. The van der Waals surface area contributed by atoms with Gasteiger partial charge in [-0.1, -0.05) is 29.8 Å². The molecule has 2 N–H and O–H groups in total. The quantitative estimate of drug-likeness (QED) is 0.886. The van der Waals surface area contributed by atoms with Gasteiger partial charge in [0.1, 0.15) is 11.0 Å². The van der Waals surface area contributed by atoms with Crippen molar-refractivity contribution in [3.63, 3.8) is 0 Å². The molecular formula is C14H13ClN2O3S. The summed E-state index contributed by atoms with van der Waals surface area (Å²) in [6, 6.07) is 6.42. The number of carboxylic acid groups (broad SMARTS) is 1. The first-order valence-corrected chi connectivity index (χ1v) is 7.44. The number of aromatic nitrogens is 1. The van der Waals surface area contributed by atoms with E-state index >= 15 is 0 Å². The van der Waals surface area contributed by atoms with Gasteiger partial charge in [0, 0.05) is 10.9 Å². The number of rotatable bonds is 5. The average Bonchev–Trinajstić information content (AvgIpc) is 2.87. The van der Waals surface area contributed by atoms with Crippen molar-refractivity contribution in [2.45, 2.75) is 19.4 Å². The maximum Gasteiger partial charge on any atom is 0.325 e. The van der Waals surface area contributed by atoms with Crippen LogP contribution in [0.1, 0.15) is 12.6 Å². The summed E-state index contributed by atoms with van der Waals surface area (Å²) in [5.41, 5.74) is 1.40. The summed E-state index contributed by atoms with van der Waals surface area (Å²) in [5.74, 6) is -1.45. The number of carboxylic acids is 1. The number of hydrogen-bond acceptors (Lipinski definition) is 4. The molecule has 0 saturated heterocycles. The second-order valence-corrected chi connectivity index (χ2v) is 5.69. The molecule has 0 aliphatic heterocycles. The lowest BCUT2D eigenvalue weighted by Gasteiger charge is -2.07. The normalized spacial score (nSPS) is 11.9. The number of amides is 1.